The van der Waals surface area contributed by atoms with Crippen LogP contribution < -0.4 is 5.32 Å². The minimum Gasteiger partial charge on any atom is -0.316 e. The van der Waals surface area contributed by atoms with E-state index < -0.39 is 0 Å². The molecule has 13 heavy (non-hydrogen) atoms. The largest absolute Gasteiger partial charge is 0.316 e. The van der Waals surface area contributed by atoms with Gasteiger partial charge < -0.3 is 5.32 Å². The third kappa shape index (κ3) is 3.65. The Bertz CT molecular complexity index is 128. The van der Waals surface area contributed by atoms with Gasteiger partial charge in [0.25, 0.3) is 0 Å². The number of hydrogen-bond acceptors (Lipinski definition) is 2. The van der Waals surface area contributed by atoms with Crippen LogP contribution in [0, 0.1) is 0 Å². The first kappa shape index (κ1) is 11.0. The van der Waals surface area contributed by atoms with E-state index in [2.05, 4.69) is 31.1 Å². The zero-order chi connectivity index (χ0) is 9.68. The van der Waals surface area contributed by atoms with E-state index in [0.717, 1.165) is 6.04 Å². The van der Waals surface area contributed by atoms with Crippen LogP contribution in [0.1, 0.15) is 39.5 Å². The van der Waals surface area contributed by atoms with Crippen molar-refractivity contribution in [2.24, 2.45) is 0 Å². The zero-order valence-corrected chi connectivity index (χ0v) is 9.34. The van der Waals surface area contributed by atoms with Gasteiger partial charge in [-0.3, -0.25) is 4.90 Å². The molecule has 0 spiro atoms. The van der Waals surface area contributed by atoms with Gasteiger partial charge in [-0.25, -0.2) is 0 Å². The second kappa shape index (κ2) is 5.61. The van der Waals surface area contributed by atoms with Crippen LogP contribution in [0.5, 0.6) is 0 Å². The van der Waals surface area contributed by atoms with Gasteiger partial charge >= 0.3 is 0 Å². The maximum Gasteiger partial charge on any atom is 0.0189 e. The lowest BCUT2D eigenvalue weighted by Gasteiger charge is -2.26. The molecule has 0 amide bonds. The van der Waals surface area contributed by atoms with Crippen molar-refractivity contribution in [3.63, 3.8) is 0 Å². The number of likely N-dealkylation sites (N-methyl/N-ethyl adjacent to an activating group) is 1. The molecule has 0 aromatic heterocycles. The predicted molar refractivity (Wildman–Crippen MR) is 58.0 cm³/mol. The molecule has 1 saturated carbocycles. The highest BCUT2D eigenvalue weighted by Gasteiger charge is 2.29. The van der Waals surface area contributed by atoms with E-state index in [1.54, 1.807) is 0 Å². The molecule has 1 aliphatic carbocycles. The minimum atomic E-state index is 0.687. The summed E-state index contributed by atoms with van der Waals surface area (Å²) >= 11 is 0. The summed E-state index contributed by atoms with van der Waals surface area (Å²) < 4.78 is 0. The van der Waals surface area contributed by atoms with Crippen molar-refractivity contribution in [1.29, 1.82) is 0 Å². The predicted octanol–water partition coefficient (Wildman–Crippen LogP) is 1.86. The van der Waals surface area contributed by atoms with E-state index in [0.29, 0.717) is 6.04 Å². The van der Waals surface area contributed by atoms with Crippen LogP contribution in [-0.4, -0.2) is 37.1 Å². The Hall–Kier alpha value is -0.0800. The van der Waals surface area contributed by atoms with E-state index in [9.17, 15) is 0 Å². The highest BCUT2D eigenvalue weighted by atomic mass is 15.2. The molecule has 1 unspecified atom stereocenters. The smallest absolute Gasteiger partial charge is 0.0189 e. The van der Waals surface area contributed by atoms with Crippen molar-refractivity contribution in [2.75, 3.05) is 20.1 Å². The Morgan fingerprint density at radius 1 is 1.38 bits per heavy atom. The fourth-order valence-corrected chi connectivity index (χ4v) is 1.86. The summed E-state index contributed by atoms with van der Waals surface area (Å²) in [5, 5.41) is 3.38. The molecule has 78 valence electrons. The maximum atomic E-state index is 3.38. The van der Waals surface area contributed by atoms with E-state index in [-0.39, 0.29) is 0 Å². The third-order valence-electron chi connectivity index (χ3n) is 2.93. The van der Waals surface area contributed by atoms with Crippen molar-refractivity contribution in [1.82, 2.24) is 10.2 Å². The molecule has 0 aromatic rings. The molecule has 1 aliphatic rings. The maximum absolute atomic E-state index is 3.38. The molecule has 0 heterocycles. The van der Waals surface area contributed by atoms with Crippen molar-refractivity contribution in [3.8, 4) is 0 Å². The van der Waals surface area contributed by atoms with E-state index in [1.807, 2.05) is 0 Å². The van der Waals surface area contributed by atoms with Crippen molar-refractivity contribution in [3.05, 3.63) is 0 Å². The number of rotatable bonds is 7. The molecule has 0 aliphatic heterocycles. The third-order valence-corrected chi connectivity index (χ3v) is 2.93. The average Bonchev–Trinajstić information content (AvgIpc) is 2.95. The van der Waals surface area contributed by atoms with Gasteiger partial charge in [0.1, 0.15) is 0 Å². The Kier molecular flexibility index (Phi) is 4.74. The monoisotopic (exact) mass is 184 g/mol. The molecule has 2 heteroatoms. The fraction of sp³-hybridized carbons (Fsp3) is 1.00. The Morgan fingerprint density at radius 2 is 2.08 bits per heavy atom. The highest BCUT2D eigenvalue weighted by Crippen LogP contribution is 2.27. The lowest BCUT2D eigenvalue weighted by molar-refractivity contribution is 0.233. The number of hydrogen-bond donors (Lipinski definition) is 1. The van der Waals surface area contributed by atoms with Gasteiger partial charge in [-0.2, -0.15) is 0 Å². The average molecular weight is 184 g/mol. The van der Waals surface area contributed by atoms with Crippen LogP contribution in [0.3, 0.4) is 0 Å². The topological polar surface area (TPSA) is 15.3 Å². The van der Waals surface area contributed by atoms with Crippen molar-refractivity contribution >= 4 is 0 Å². The molecule has 1 atom stereocenters. The molecule has 0 radical (unpaired) electrons. The summed E-state index contributed by atoms with van der Waals surface area (Å²) in [7, 11) is 2.07. The quantitative estimate of drug-likeness (QED) is 0.649. The van der Waals surface area contributed by atoms with Gasteiger partial charge in [0.15, 0.2) is 0 Å². The molecular weight excluding hydrogens is 160 g/mol. The first-order valence-corrected chi connectivity index (χ1v) is 5.73. The van der Waals surface area contributed by atoms with Crippen LogP contribution in [0.15, 0.2) is 0 Å². The van der Waals surface area contributed by atoms with Crippen molar-refractivity contribution < 1.29 is 0 Å². The molecule has 1 rings (SSSR count). The van der Waals surface area contributed by atoms with Crippen LogP contribution >= 0.6 is 0 Å². The molecular formula is C11H24N2. The lowest BCUT2D eigenvalue weighted by atomic mass is 10.2. The first-order valence-electron chi connectivity index (χ1n) is 5.73. The van der Waals surface area contributed by atoms with Crippen LogP contribution in [-0.2, 0) is 0 Å². The van der Waals surface area contributed by atoms with Gasteiger partial charge in [-0.1, -0.05) is 13.8 Å². The Morgan fingerprint density at radius 3 is 2.46 bits per heavy atom. The standard InChI is InChI=1S/C11H24N2/c1-4-8-13(11-6-7-11)9-10(5-2)12-3/h10-12H,4-9H2,1-3H3. The molecule has 0 aromatic carbocycles. The van der Waals surface area contributed by atoms with Gasteiger partial charge in [-0.05, 0) is 39.3 Å². The van der Waals surface area contributed by atoms with Crippen LogP contribution in [0.4, 0.5) is 0 Å². The number of nitrogens with one attached hydrogen (secondary N) is 1. The summed E-state index contributed by atoms with van der Waals surface area (Å²) in [6.45, 7) is 7.06. The minimum absolute atomic E-state index is 0.687. The lowest BCUT2D eigenvalue weighted by Crippen LogP contribution is -2.40. The molecule has 0 saturated heterocycles. The number of nitrogens with zero attached hydrogens (tertiary/aromatic N) is 1. The summed E-state index contributed by atoms with van der Waals surface area (Å²) in [4.78, 5) is 2.66. The fourth-order valence-electron chi connectivity index (χ4n) is 1.86. The molecule has 0 bridgehead atoms. The molecule has 1 N–H and O–H groups in total. The highest BCUT2D eigenvalue weighted by molar-refractivity contribution is 4.86. The van der Waals surface area contributed by atoms with E-state index >= 15 is 0 Å². The normalized spacial score (nSPS) is 19.4. The van der Waals surface area contributed by atoms with Crippen molar-refractivity contribution in [2.45, 2.75) is 51.6 Å². The summed E-state index contributed by atoms with van der Waals surface area (Å²) in [6.07, 6.45) is 5.39. The zero-order valence-electron chi connectivity index (χ0n) is 9.34. The molecule has 1 fully saturated rings. The van der Waals surface area contributed by atoms with E-state index in [4.69, 9.17) is 0 Å². The summed E-state index contributed by atoms with van der Waals surface area (Å²) in [6, 6.07) is 1.61. The SMILES string of the molecule is CCCN(CC(CC)NC)C1CC1. The van der Waals surface area contributed by atoms with E-state index in [1.165, 1.54) is 38.8 Å². The van der Waals surface area contributed by atoms with Gasteiger partial charge in [0, 0.05) is 18.6 Å². The van der Waals surface area contributed by atoms with Crippen LogP contribution in [0.25, 0.3) is 0 Å². The second-order valence-corrected chi connectivity index (χ2v) is 4.12. The van der Waals surface area contributed by atoms with Gasteiger partial charge in [-0.15, -0.1) is 0 Å². The molecule has 2 nitrogen and oxygen atoms in total. The first-order chi connectivity index (χ1) is 6.31. The Balaban J connectivity index is 2.27. The second-order valence-electron chi connectivity index (χ2n) is 4.12. The summed E-state index contributed by atoms with van der Waals surface area (Å²) in [5.74, 6) is 0. The van der Waals surface area contributed by atoms with Crippen LogP contribution in [0.2, 0.25) is 0 Å². The van der Waals surface area contributed by atoms with Gasteiger partial charge in [0.2, 0.25) is 0 Å². The Labute approximate surface area is 82.7 Å². The summed E-state index contributed by atoms with van der Waals surface area (Å²) in [5.41, 5.74) is 0. The van der Waals surface area contributed by atoms with Gasteiger partial charge in [0.05, 0.1) is 0 Å².